The normalized spacial score (nSPS) is 21.2. The zero-order chi connectivity index (χ0) is 34.8. The quantitative estimate of drug-likeness (QED) is 0.126. The number of aliphatic hydroxyl groups is 1. The third-order valence-corrected chi connectivity index (χ3v) is 14.4. The van der Waals surface area contributed by atoms with Gasteiger partial charge in [-0.05, 0) is 32.1 Å². The molecule has 0 saturated carbocycles. The van der Waals surface area contributed by atoms with Crippen molar-refractivity contribution >= 4 is 18.7 Å². The number of hydrogen-bond donors (Lipinski definition) is 1. The minimum absolute atomic E-state index is 0.181. The van der Waals surface area contributed by atoms with E-state index in [2.05, 4.69) is 69.3 Å². The molecule has 1 aliphatic heterocycles. The third kappa shape index (κ3) is 8.50. The van der Waals surface area contributed by atoms with E-state index >= 15 is 0 Å². The van der Waals surface area contributed by atoms with Crippen LogP contribution in [0.1, 0.15) is 37.5 Å². The third-order valence-electron chi connectivity index (χ3n) is 9.35. The molecule has 7 heteroatoms. The Morgan fingerprint density at radius 1 is 0.520 bits per heavy atom. The first-order valence-electron chi connectivity index (χ1n) is 17.4. The summed E-state index contributed by atoms with van der Waals surface area (Å²) < 4.78 is 33.7. The molecule has 0 aromatic heterocycles. The van der Waals surface area contributed by atoms with Gasteiger partial charge >= 0.3 is 0 Å². The molecule has 6 rings (SSSR count). The average molecular weight is 689 g/mol. The molecule has 1 unspecified atom stereocenters. The number of aliphatic hydroxyl groups excluding tert-OH is 1. The Hall–Kier alpha value is -3.92. The van der Waals surface area contributed by atoms with E-state index in [1.807, 2.05) is 103 Å². The maximum Gasteiger partial charge on any atom is 0.261 e. The van der Waals surface area contributed by atoms with Gasteiger partial charge in [-0.15, -0.1) is 0 Å². The Kier molecular flexibility index (Phi) is 12.1. The second-order valence-electron chi connectivity index (χ2n) is 13.8. The lowest BCUT2D eigenvalue weighted by Gasteiger charge is -2.47. The van der Waals surface area contributed by atoms with E-state index < -0.39 is 39.0 Å². The molecule has 5 aromatic rings. The van der Waals surface area contributed by atoms with E-state index in [1.54, 1.807) is 0 Å². The van der Waals surface area contributed by atoms with Crippen molar-refractivity contribution in [3.8, 4) is 0 Å². The van der Waals surface area contributed by atoms with E-state index in [9.17, 15) is 5.11 Å². The Morgan fingerprint density at radius 2 is 0.880 bits per heavy atom. The van der Waals surface area contributed by atoms with Gasteiger partial charge in [0.05, 0.1) is 26.4 Å². The lowest BCUT2D eigenvalue weighted by atomic mass is 9.98. The number of hydrogen-bond acceptors (Lipinski definition) is 6. The van der Waals surface area contributed by atoms with Crippen molar-refractivity contribution in [2.45, 2.75) is 76.3 Å². The summed E-state index contributed by atoms with van der Waals surface area (Å²) in [7, 11) is -2.93. The minimum atomic E-state index is -2.93. The standard InChI is InChI=1S/C43H48O6Si/c1-43(2,3)50(36-25-15-7-16-26-36,37-27-17-8-18-28-37)48-32-38-39(45-29-33-19-9-4-10-20-33)40(46-30-34-21-11-5-12-22-34)41(42(44)49-38)47-31-35-23-13-6-14-24-35/h4-28,38-42,44H,29-32H2,1-3H3/t38-,39+,40+,41+,42?/m1/s1. The molecule has 5 atom stereocenters. The van der Waals surface area contributed by atoms with Crippen molar-refractivity contribution in [3.05, 3.63) is 168 Å². The van der Waals surface area contributed by atoms with Crippen molar-refractivity contribution in [3.63, 3.8) is 0 Å². The van der Waals surface area contributed by atoms with Gasteiger partial charge in [-0.2, -0.15) is 0 Å². The van der Waals surface area contributed by atoms with Gasteiger partial charge < -0.3 is 28.5 Å². The summed E-state index contributed by atoms with van der Waals surface area (Å²) >= 11 is 0. The van der Waals surface area contributed by atoms with Crippen LogP contribution in [0.5, 0.6) is 0 Å². The first-order valence-corrected chi connectivity index (χ1v) is 19.3. The van der Waals surface area contributed by atoms with Crippen LogP contribution < -0.4 is 10.4 Å². The van der Waals surface area contributed by atoms with Crippen LogP contribution in [0.3, 0.4) is 0 Å². The Bertz CT molecular complexity index is 1660. The van der Waals surface area contributed by atoms with Crippen LogP contribution in [-0.4, -0.2) is 50.7 Å². The van der Waals surface area contributed by atoms with Crippen molar-refractivity contribution in [1.82, 2.24) is 0 Å². The van der Waals surface area contributed by atoms with Gasteiger partial charge in [0.1, 0.15) is 24.4 Å². The molecule has 50 heavy (non-hydrogen) atoms. The summed E-state index contributed by atoms with van der Waals surface area (Å²) in [6.07, 6.45) is -4.04. The van der Waals surface area contributed by atoms with Crippen molar-refractivity contribution < 1.29 is 28.5 Å². The molecule has 1 fully saturated rings. The van der Waals surface area contributed by atoms with Crippen molar-refractivity contribution in [2.24, 2.45) is 0 Å². The summed E-state index contributed by atoms with van der Waals surface area (Å²) in [5.74, 6) is 0. The number of rotatable bonds is 14. The first kappa shape index (κ1) is 35.9. The Balaban J connectivity index is 1.36. The fourth-order valence-corrected chi connectivity index (χ4v) is 11.4. The fraction of sp³-hybridized carbons (Fsp3) is 0.302. The second-order valence-corrected chi connectivity index (χ2v) is 18.1. The molecule has 0 amide bonds. The summed E-state index contributed by atoms with van der Waals surface area (Å²) in [6, 6.07) is 51.0. The lowest BCUT2D eigenvalue weighted by molar-refractivity contribution is -0.314. The first-order chi connectivity index (χ1) is 24.3. The minimum Gasteiger partial charge on any atom is -0.405 e. The molecule has 0 aliphatic carbocycles. The molecular weight excluding hydrogens is 641 g/mol. The molecule has 0 radical (unpaired) electrons. The zero-order valence-corrected chi connectivity index (χ0v) is 30.1. The van der Waals surface area contributed by atoms with E-state index in [0.29, 0.717) is 13.2 Å². The summed E-state index contributed by atoms with van der Waals surface area (Å²) in [5.41, 5.74) is 3.02. The molecule has 1 aliphatic rings. The van der Waals surface area contributed by atoms with Gasteiger partial charge in [0.25, 0.3) is 8.32 Å². The van der Waals surface area contributed by atoms with Gasteiger partial charge in [0.2, 0.25) is 0 Å². The second kappa shape index (κ2) is 16.9. The molecule has 1 N–H and O–H groups in total. The molecule has 1 heterocycles. The van der Waals surface area contributed by atoms with Crippen LogP contribution in [0.25, 0.3) is 0 Å². The van der Waals surface area contributed by atoms with Crippen LogP contribution in [0.15, 0.2) is 152 Å². The largest absolute Gasteiger partial charge is 0.405 e. The number of ether oxygens (including phenoxy) is 4. The van der Waals surface area contributed by atoms with Crippen LogP contribution >= 0.6 is 0 Å². The van der Waals surface area contributed by atoms with Crippen molar-refractivity contribution in [1.29, 1.82) is 0 Å². The predicted octanol–water partition coefficient (Wildman–Crippen LogP) is 7.04. The van der Waals surface area contributed by atoms with E-state index in [4.69, 9.17) is 23.4 Å². The molecular formula is C43H48O6Si. The maximum absolute atomic E-state index is 11.7. The lowest BCUT2D eigenvalue weighted by Crippen LogP contribution is -2.68. The van der Waals surface area contributed by atoms with Crippen LogP contribution in [0.2, 0.25) is 5.04 Å². The van der Waals surface area contributed by atoms with E-state index in [0.717, 1.165) is 27.1 Å². The van der Waals surface area contributed by atoms with Gasteiger partial charge in [-0.1, -0.05) is 172 Å². The van der Waals surface area contributed by atoms with E-state index in [-0.39, 0.29) is 18.3 Å². The molecule has 6 nitrogen and oxygen atoms in total. The van der Waals surface area contributed by atoms with Gasteiger partial charge in [-0.3, -0.25) is 0 Å². The maximum atomic E-state index is 11.7. The van der Waals surface area contributed by atoms with Crippen LogP contribution in [0.4, 0.5) is 0 Å². The fourth-order valence-electron chi connectivity index (χ4n) is 6.87. The average Bonchev–Trinajstić information content (AvgIpc) is 3.15. The molecule has 1 saturated heterocycles. The molecule has 5 aromatic carbocycles. The van der Waals surface area contributed by atoms with Gasteiger partial charge in [-0.25, -0.2) is 0 Å². The van der Waals surface area contributed by atoms with Crippen LogP contribution in [0, 0.1) is 0 Å². The summed E-state index contributed by atoms with van der Waals surface area (Å²) in [4.78, 5) is 0. The van der Waals surface area contributed by atoms with E-state index in [1.165, 1.54) is 0 Å². The monoisotopic (exact) mass is 688 g/mol. The summed E-state index contributed by atoms with van der Waals surface area (Å²) in [6.45, 7) is 7.86. The predicted molar refractivity (Wildman–Crippen MR) is 200 cm³/mol. The smallest absolute Gasteiger partial charge is 0.261 e. The molecule has 260 valence electrons. The highest BCUT2D eigenvalue weighted by atomic mass is 28.4. The van der Waals surface area contributed by atoms with Crippen LogP contribution in [-0.2, 0) is 43.2 Å². The van der Waals surface area contributed by atoms with Gasteiger partial charge in [0, 0.05) is 0 Å². The Morgan fingerprint density at radius 3 is 1.28 bits per heavy atom. The SMILES string of the molecule is CC(C)(C)[Si](OC[C@H]1OC(O)[C@@H](OCc2ccccc2)[C@@H](OCc2ccccc2)[C@H]1OCc1ccccc1)(c1ccccc1)c1ccccc1. The zero-order valence-electron chi connectivity index (χ0n) is 29.1. The molecule has 0 bridgehead atoms. The molecule has 0 spiro atoms. The van der Waals surface area contributed by atoms with Crippen molar-refractivity contribution in [2.75, 3.05) is 6.61 Å². The Labute approximate surface area is 297 Å². The highest BCUT2D eigenvalue weighted by molar-refractivity contribution is 6.99. The highest BCUT2D eigenvalue weighted by Crippen LogP contribution is 2.38. The number of benzene rings is 5. The summed E-state index contributed by atoms with van der Waals surface area (Å²) in [5, 5.41) is 13.8. The van der Waals surface area contributed by atoms with Gasteiger partial charge in [0.15, 0.2) is 6.29 Å². The topological polar surface area (TPSA) is 66.4 Å². The highest BCUT2D eigenvalue weighted by Gasteiger charge is 2.53.